The third-order valence-corrected chi connectivity index (χ3v) is 14.4. The van der Waals surface area contributed by atoms with Crippen molar-refractivity contribution >= 4 is 341 Å². The Kier molecular flexibility index (Phi) is 14.7. The summed E-state index contributed by atoms with van der Waals surface area (Å²) in [7, 11) is 160. The Morgan fingerprint density at radius 1 is 0.203 bits per heavy atom. The minimum Gasteiger partial charge on any atom is -0.455 e. The average molecular weight is 939 g/mol. The molecular weight excluding hydrogens is 930 g/mol. The zero-order chi connectivity index (χ0) is 57.4. The van der Waals surface area contributed by atoms with Gasteiger partial charge < -0.3 is 4.42 Å². The molecule has 79 heavy (non-hydrogen) atoms. The average Bonchev–Trinajstić information content (AvgIpc) is 3.93. The van der Waals surface area contributed by atoms with Crippen molar-refractivity contribution in [3.63, 3.8) is 0 Å². The summed E-state index contributed by atoms with van der Waals surface area (Å²) in [6.45, 7) is 0. The molecule has 306 valence electrons. The number of furan rings is 1. The van der Waals surface area contributed by atoms with Crippen molar-refractivity contribution in [1.82, 2.24) is 15.0 Å². The SMILES string of the molecule is [B]c1c([B])c([B])c(-c2c([B])c([B])c([B])c(-c3nc(-c4c([B])c([B])c([B])c(-c5c([B])c([B])c([B])c([B])c5[B])c4[B])nc(-c4c([B])c([B])c([B])c5c4oc4c(-c6ccc(-c7ccccc7)cc6)c([B])c([B])c([B])c45)n3)c2[B])c([B])c1[B]. The summed E-state index contributed by atoms with van der Waals surface area (Å²) >= 11 is 0. The van der Waals surface area contributed by atoms with E-state index in [9.17, 15) is 0 Å². The summed E-state index contributed by atoms with van der Waals surface area (Å²) in [5.41, 5.74) is -1.58. The molecule has 0 unspecified atom stereocenters. The molecular formula is C51H9B24N3O. The molecule has 0 bridgehead atoms. The van der Waals surface area contributed by atoms with Crippen LogP contribution in [0.1, 0.15) is 0 Å². The van der Waals surface area contributed by atoms with Crippen LogP contribution in [0.25, 0.3) is 101 Å². The van der Waals surface area contributed by atoms with E-state index in [2.05, 4.69) is 0 Å². The van der Waals surface area contributed by atoms with Gasteiger partial charge in [0.05, 0.1) is 5.56 Å². The lowest BCUT2D eigenvalue weighted by atomic mass is 9.56. The van der Waals surface area contributed by atoms with Gasteiger partial charge in [-0.2, -0.15) is 0 Å². The summed E-state index contributed by atoms with van der Waals surface area (Å²) in [6.07, 6.45) is 0. The standard InChI is InChI=1S/C51H9B24N3O/c52-23-14(16-28(57)41(70)45(74)42(71)29(16)58)26(55)38(67)34(63)20(23)49-76-50(21-24(53)15(27(56)39(68)35(21)64)17-30(59)43(72)46(75)44(73)31(17)60)78-51(77-49)22-36(65)40(69)33(62)19-18-32(61)37(66)25(54)13(47(18)79-48(19)22)12-8-6-11(7-9-12)10-4-2-1-3-5-10/h1-9H. The van der Waals surface area contributed by atoms with E-state index in [-0.39, 0.29) is 209 Å². The van der Waals surface area contributed by atoms with E-state index < -0.39 is 0 Å². The molecule has 28 heteroatoms. The fourth-order valence-electron chi connectivity index (χ4n) is 9.97. The Bertz CT molecular complexity index is 4140. The van der Waals surface area contributed by atoms with E-state index >= 15 is 0 Å². The first-order chi connectivity index (χ1) is 37.2. The molecule has 0 N–H and O–H groups in total. The third-order valence-electron chi connectivity index (χ3n) is 14.4. The van der Waals surface area contributed by atoms with Gasteiger partial charge in [0.2, 0.25) is 0 Å². The van der Waals surface area contributed by atoms with Crippen LogP contribution in [0.3, 0.4) is 0 Å². The van der Waals surface area contributed by atoms with Gasteiger partial charge in [-0.05, 0) is 38.9 Å². The molecule has 2 heterocycles. The van der Waals surface area contributed by atoms with Gasteiger partial charge >= 0.3 is 0 Å². The molecule has 10 rings (SSSR count). The van der Waals surface area contributed by atoms with Crippen LogP contribution in [0.15, 0.2) is 59.0 Å². The van der Waals surface area contributed by atoms with E-state index in [0.29, 0.717) is 11.1 Å². The van der Waals surface area contributed by atoms with Gasteiger partial charge in [-0.1, -0.05) is 131 Å². The predicted octanol–water partition coefficient (Wildman–Crippen LogP) is -15.5. The smallest absolute Gasteiger partial charge is 0.167 e. The molecule has 0 aliphatic carbocycles. The Hall–Kier alpha value is -5.87. The van der Waals surface area contributed by atoms with Crippen molar-refractivity contribution in [2.75, 3.05) is 0 Å². The van der Waals surface area contributed by atoms with E-state index in [1.165, 1.54) is 0 Å². The fourth-order valence-corrected chi connectivity index (χ4v) is 9.97. The Labute approximate surface area is 490 Å². The van der Waals surface area contributed by atoms with Gasteiger partial charge in [0, 0.05) is 27.5 Å². The molecule has 0 aliphatic heterocycles. The Morgan fingerprint density at radius 3 is 0.823 bits per heavy atom. The summed E-state index contributed by atoms with van der Waals surface area (Å²) in [5, 5.41) is 0.351. The lowest BCUT2D eigenvalue weighted by molar-refractivity contribution is 0.671. The van der Waals surface area contributed by atoms with E-state index in [0.717, 1.165) is 11.1 Å². The first-order valence-electron chi connectivity index (χ1n) is 23.4. The molecule has 48 radical (unpaired) electrons. The molecule has 0 aliphatic rings. The van der Waals surface area contributed by atoms with Gasteiger partial charge in [0.1, 0.15) is 199 Å². The van der Waals surface area contributed by atoms with Crippen molar-refractivity contribution < 1.29 is 4.42 Å². The molecule has 0 saturated carbocycles. The van der Waals surface area contributed by atoms with Gasteiger partial charge in [-0.3, -0.25) is 0 Å². The van der Waals surface area contributed by atoms with E-state index in [1.807, 2.05) is 54.6 Å². The lowest BCUT2D eigenvalue weighted by Crippen LogP contribution is -2.57. The fraction of sp³-hybridized carbons (Fsp3) is 0. The highest BCUT2D eigenvalue weighted by Crippen LogP contribution is 2.37. The Morgan fingerprint density at radius 2 is 0.443 bits per heavy atom. The molecule has 0 fully saturated rings. The van der Waals surface area contributed by atoms with E-state index in [1.54, 1.807) is 0 Å². The van der Waals surface area contributed by atoms with Crippen LogP contribution < -0.4 is 131 Å². The van der Waals surface area contributed by atoms with Crippen molar-refractivity contribution in [3.8, 4) is 78.7 Å². The summed E-state index contributed by atoms with van der Waals surface area (Å²) < 4.78 is 6.87. The van der Waals surface area contributed by atoms with E-state index in [4.69, 9.17) is 208 Å². The second-order valence-electron chi connectivity index (χ2n) is 18.7. The van der Waals surface area contributed by atoms with Crippen LogP contribution in [-0.2, 0) is 0 Å². The van der Waals surface area contributed by atoms with Crippen LogP contribution in [0.2, 0.25) is 0 Å². The van der Waals surface area contributed by atoms with Crippen LogP contribution in [0.4, 0.5) is 0 Å². The van der Waals surface area contributed by atoms with Crippen LogP contribution in [-0.4, -0.2) is 203 Å². The third kappa shape index (κ3) is 8.51. The van der Waals surface area contributed by atoms with Gasteiger partial charge in [-0.25, -0.2) is 15.0 Å². The second kappa shape index (κ2) is 20.6. The lowest BCUT2D eigenvalue weighted by Gasteiger charge is -2.29. The number of fused-ring (bicyclic) bond motifs is 3. The molecule has 0 atom stereocenters. The maximum absolute atomic E-state index is 7.12. The van der Waals surface area contributed by atoms with Crippen molar-refractivity contribution in [2.45, 2.75) is 0 Å². The molecule has 4 nitrogen and oxygen atoms in total. The summed E-state index contributed by atoms with van der Waals surface area (Å²) in [4.78, 5) is 14.8. The van der Waals surface area contributed by atoms with Crippen LogP contribution in [0.5, 0.6) is 0 Å². The zero-order valence-corrected chi connectivity index (χ0v) is 41.8. The number of hydrogen-bond acceptors (Lipinski definition) is 4. The van der Waals surface area contributed by atoms with Crippen molar-refractivity contribution in [3.05, 3.63) is 54.6 Å². The van der Waals surface area contributed by atoms with Crippen LogP contribution in [0, 0.1) is 0 Å². The molecule has 10 aromatic rings. The second-order valence-corrected chi connectivity index (χ2v) is 18.7. The predicted molar refractivity (Wildman–Crippen MR) is 354 cm³/mol. The van der Waals surface area contributed by atoms with Crippen molar-refractivity contribution in [2.24, 2.45) is 0 Å². The maximum Gasteiger partial charge on any atom is 0.167 e. The molecule has 0 saturated heterocycles. The minimum absolute atomic E-state index is 0.00409. The van der Waals surface area contributed by atoms with Gasteiger partial charge in [0.25, 0.3) is 0 Å². The number of benzene rings is 8. The normalized spacial score (nSPS) is 11.5. The first kappa shape index (κ1) is 56.4. The summed E-state index contributed by atoms with van der Waals surface area (Å²) in [5.74, 6) is -1.05. The monoisotopic (exact) mass is 943 g/mol. The highest BCUT2D eigenvalue weighted by atomic mass is 16.3. The molecule has 0 amide bonds. The molecule has 8 aromatic carbocycles. The number of nitrogens with zero attached hydrogens (tertiary/aromatic N) is 3. The largest absolute Gasteiger partial charge is 0.455 e. The number of rotatable bonds is 7. The van der Waals surface area contributed by atoms with Gasteiger partial charge in [0.15, 0.2) is 17.5 Å². The molecule has 0 spiro atoms. The number of aromatic nitrogens is 3. The zero-order valence-electron chi connectivity index (χ0n) is 41.8. The first-order valence-corrected chi connectivity index (χ1v) is 23.4. The van der Waals surface area contributed by atoms with Crippen LogP contribution >= 0.6 is 0 Å². The summed E-state index contributed by atoms with van der Waals surface area (Å²) in [6, 6.07) is 17.2. The minimum atomic E-state index is -0.363. The topological polar surface area (TPSA) is 51.8 Å². The van der Waals surface area contributed by atoms with Gasteiger partial charge in [-0.15, -0.1) is 54.6 Å². The number of hydrogen-bond donors (Lipinski definition) is 0. The quantitative estimate of drug-likeness (QED) is 0.149. The molecule has 2 aromatic heterocycles. The van der Waals surface area contributed by atoms with Crippen molar-refractivity contribution in [1.29, 1.82) is 0 Å². The maximum atomic E-state index is 7.12. The highest BCUT2D eigenvalue weighted by molar-refractivity contribution is 6.73. The highest BCUT2D eigenvalue weighted by Gasteiger charge is 2.30. The Balaban J connectivity index is 1.36.